The van der Waals surface area contributed by atoms with E-state index in [1.807, 2.05) is 39.9 Å². The molecule has 0 atom stereocenters. The normalized spacial score (nSPS) is 18.8. The largest absolute Gasteiger partial charge is 0.333 e. The van der Waals surface area contributed by atoms with E-state index in [0.29, 0.717) is 0 Å². The van der Waals surface area contributed by atoms with Gasteiger partial charge in [0.25, 0.3) is 5.91 Å². The zero-order valence-corrected chi connectivity index (χ0v) is 13.7. The molecule has 3 rings (SSSR count). The van der Waals surface area contributed by atoms with E-state index in [4.69, 9.17) is 0 Å². The second kappa shape index (κ2) is 4.97. The molecule has 2 heterocycles. The fourth-order valence-electron chi connectivity index (χ4n) is 2.89. The maximum atomic E-state index is 12.7. The highest BCUT2D eigenvalue weighted by atomic mass is 16.2. The fraction of sp³-hybridized carbons (Fsp3) is 0.444. The lowest BCUT2D eigenvalue weighted by atomic mass is 9.65. The summed E-state index contributed by atoms with van der Waals surface area (Å²) in [4.78, 5) is 18.7. The first-order valence-electron chi connectivity index (χ1n) is 7.68. The van der Waals surface area contributed by atoms with Crippen molar-refractivity contribution in [2.24, 2.45) is 5.41 Å². The number of nitrogens with zero attached hydrogens (tertiary/aromatic N) is 3. The van der Waals surface area contributed by atoms with E-state index in [1.54, 1.807) is 12.5 Å². The van der Waals surface area contributed by atoms with Crippen LogP contribution in [0.1, 0.15) is 43.6 Å². The minimum Gasteiger partial charge on any atom is -0.333 e. The summed E-state index contributed by atoms with van der Waals surface area (Å²) < 4.78 is 2.01. The Bertz CT molecular complexity index is 669. The Labute approximate surface area is 131 Å². The first-order valence-corrected chi connectivity index (χ1v) is 7.68. The molecule has 0 N–H and O–H groups in total. The monoisotopic (exact) mass is 297 g/mol. The van der Waals surface area contributed by atoms with Gasteiger partial charge in [0.15, 0.2) is 0 Å². The Balaban J connectivity index is 1.72. The van der Waals surface area contributed by atoms with Crippen LogP contribution in [0, 0.1) is 5.41 Å². The van der Waals surface area contributed by atoms with Crippen LogP contribution in [0.3, 0.4) is 0 Å². The van der Waals surface area contributed by atoms with Crippen LogP contribution in [-0.4, -0.2) is 32.4 Å². The number of rotatable bonds is 3. The van der Waals surface area contributed by atoms with Crippen LogP contribution in [0.2, 0.25) is 0 Å². The van der Waals surface area contributed by atoms with Crippen LogP contribution in [0.25, 0.3) is 0 Å². The molecule has 0 bridgehead atoms. The molecule has 0 aliphatic carbocycles. The predicted molar refractivity (Wildman–Crippen MR) is 86.7 cm³/mol. The van der Waals surface area contributed by atoms with Crippen molar-refractivity contribution in [2.75, 3.05) is 6.54 Å². The lowest BCUT2D eigenvalue weighted by Gasteiger charge is -2.61. The van der Waals surface area contributed by atoms with Crippen LogP contribution in [0.5, 0.6) is 0 Å². The summed E-state index contributed by atoms with van der Waals surface area (Å²) in [5.41, 5.74) is 2.00. The maximum absolute atomic E-state index is 12.7. The van der Waals surface area contributed by atoms with Gasteiger partial charge in [0.05, 0.1) is 6.33 Å². The minimum absolute atomic E-state index is 0.0977. The summed E-state index contributed by atoms with van der Waals surface area (Å²) >= 11 is 0. The number of carbonyl (C=O) groups is 1. The molecular weight excluding hydrogens is 274 g/mol. The van der Waals surface area contributed by atoms with Crippen molar-refractivity contribution in [1.29, 1.82) is 0 Å². The lowest BCUT2D eigenvalue weighted by Crippen LogP contribution is -2.70. The van der Waals surface area contributed by atoms with E-state index < -0.39 is 0 Å². The standard InChI is InChI=1S/C18H23N3O/c1-17(2)12-21(18(17,3)4)16(22)15-7-5-14(6-8-15)11-20-10-9-19-13-20/h5-10,13H,11-12H2,1-4H3. The van der Waals surface area contributed by atoms with Gasteiger partial charge in [-0.1, -0.05) is 26.0 Å². The number of hydrogen-bond donors (Lipinski definition) is 0. The molecule has 2 aromatic rings. The first kappa shape index (κ1) is 14.8. The third-order valence-corrected chi connectivity index (χ3v) is 5.25. The van der Waals surface area contributed by atoms with E-state index >= 15 is 0 Å². The molecule has 1 aliphatic rings. The average molecular weight is 297 g/mol. The van der Waals surface area contributed by atoms with E-state index in [2.05, 4.69) is 32.7 Å². The fourth-order valence-corrected chi connectivity index (χ4v) is 2.89. The van der Waals surface area contributed by atoms with Gasteiger partial charge >= 0.3 is 0 Å². The molecule has 1 saturated heterocycles. The van der Waals surface area contributed by atoms with Gasteiger partial charge in [-0.3, -0.25) is 4.79 Å². The minimum atomic E-state index is -0.0977. The maximum Gasteiger partial charge on any atom is 0.254 e. The number of aromatic nitrogens is 2. The van der Waals surface area contributed by atoms with E-state index in [9.17, 15) is 4.79 Å². The molecule has 1 aromatic carbocycles. The molecule has 0 radical (unpaired) electrons. The molecule has 1 fully saturated rings. The van der Waals surface area contributed by atoms with E-state index in [0.717, 1.165) is 24.2 Å². The number of imidazole rings is 1. The number of carbonyl (C=O) groups excluding carboxylic acids is 1. The molecule has 22 heavy (non-hydrogen) atoms. The highest BCUT2D eigenvalue weighted by Gasteiger charge is 2.54. The molecule has 1 aromatic heterocycles. The van der Waals surface area contributed by atoms with Crippen molar-refractivity contribution < 1.29 is 4.79 Å². The van der Waals surface area contributed by atoms with Gasteiger partial charge in [0, 0.05) is 42.0 Å². The van der Waals surface area contributed by atoms with Crippen molar-refractivity contribution in [2.45, 2.75) is 39.8 Å². The van der Waals surface area contributed by atoms with Gasteiger partial charge in [-0.2, -0.15) is 0 Å². The van der Waals surface area contributed by atoms with Crippen LogP contribution < -0.4 is 0 Å². The van der Waals surface area contributed by atoms with Crippen molar-refractivity contribution in [3.8, 4) is 0 Å². The van der Waals surface area contributed by atoms with Crippen LogP contribution in [0.15, 0.2) is 43.0 Å². The van der Waals surface area contributed by atoms with Gasteiger partial charge in [-0.15, -0.1) is 0 Å². The predicted octanol–water partition coefficient (Wildman–Crippen LogP) is 3.19. The van der Waals surface area contributed by atoms with Crippen LogP contribution >= 0.6 is 0 Å². The van der Waals surface area contributed by atoms with E-state index in [-0.39, 0.29) is 16.9 Å². The molecule has 0 unspecified atom stereocenters. The summed E-state index contributed by atoms with van der Waals surface area (Å²) in [7, 11) is 0. The summed E-state index contributed by atoms with van der Waals surface area (Å²) in [5.74, 6) is 0.124. The molecule has 1 aliphatic heterocycles. The molecule has 0 saturated carbocycles. The van der Waals surface area contributed by atoms with Crippen molar-refractivity contribution in [3.63, 3.8) is 0 Å². The van der Waals surface area contributed by atoms with Gasteiger partial charge in [-0.25, -0.2) is 4.98 Å². The van der Waals surface area contributed by atoms with E-state index in [1.165, 1.54) is 0 Å². The smallest absolute Gasteiger partial charge is 0.254 e. The first-order chi connectivity index (χ1) is 10.3. The molecule has 116 valence electrons. The summed E-state index contributed by atoms with van der Waals surface area (Å²) in [5, 5.41) is 0. The summed E-state index contributed by atoms with van der Waals surface area (Å²) in [6, 6.07) is 7.89. The Morgan fingerprint density at radius 3 is 2.36 bits per heavy atom. The van der Waals surface area contributed by atoms with Crippen molar-refractivity contribution in [3.05, 3.63) is 54.1 Å². The van der Waals surface area contributed by atoms with Gasteiger partial charge < -0.3 is 9.47 Å². The zero-order chi connectivity index (χ0) is 16.0. The zero-order valence-electron chi connectivity index (χ0n) is 13.7. The number of benzene rings is 1. The van der Waals surface area contributed by atoms with Crippen LogP contribution in [0.4, 0.5) is 0 Å². The molecule has 1 amide bonds. The molecule has 4 heteroatoms. The third-order valence-electron chi connectivity index (χ3n) is 5.25. The number of amides is 1. The van der Waals surface area contributed by atoms with Gasteiger partial charge in [0.2, 0.25) is 0 Å². The summed E-state index contributed by atoms with van der Waals surface area (Å²) in [6.07, 6.45) is 5.50. The number of hydrogen-bond acceptors (Lipinski definition) is 2. The second-order valence-electron chi connectivity index (χ2n) is 7.27. The molecule has 4 nitrogen and oxygen atoms in total. The Morgan fingerprint density at radius 2 is 1.86 bits per heavy atom. The SMILES string of the molecule is CC1(C)CN(C(=O)c2ccc(Cn3ccnc3)cc2)C1(C)C. The Kier molecular flexibility index (Phi) is 3.35. The van der Waals surface area contributed by atoms with Gasteiger partial charge in [-0.05, 0) is 31.5 Å². The summed E-state index contributed by atoms with van der Waals surface area (Å²) in [6.45, 7) is 10.3. The molecular formula is C18H23N3O. The third kappa shape index (κ3) is 2.32. The average Bonchev–Trinajstić information content (AvgIpc) is 2.98. The Morgan fingerprint density at radius 1 is 1.18 bits per heavy atom. The van der Waals surface area contributed by atoms with Crippen molar-refractivity contribution in [1.82, 2.24) is 14.5 Å². The molecule has 0 spiro atoms. The highest BCUT2D eigenvalue weighted by Crippen LogP contribution is 2.46. The van der Waals surface area contributed by atoms with Crippen LogP contribution in [-0.2, 0) is 6.54 Å². The van der Waals surface area contributed by atoms with Crippen molar-refractivity contribution >= 4 is 5.91 Å². The quantitative estimate of drug-likeness (QED) is 0.872. The van der Waals surface area contributed by atoms with Gasteiger partial charge in [0.1, 0.15) is 0 Å². The number of likely N-dealkylation sites (tertiary alicyclic amines) is 1. The lowest BCUT2D eigenvalue weighted by molar-refractivity contribution is -0.0881. The highest BCUT2D eigenvalue weighted by molar-refractivity contribution is 5.95. The second-order valence-corrected chi connectivity index (χ2v) is 7.27. The Hall–Kier alpha value is -2.10. The topological polar surface area (TPSA) is 38.1 Å².